The average molecular weight is 394 g/mol. The fourth-order valence-electron chi connectivity index (χ4n) is 2.95. The largest absolute Gasteiger partial charge is 0.497 e. The van der Waals surface area contributed by atoms with E-state index in [4.69, 9.17) is 9.47 Å². The number of hydrogen-bond acceptors (Lipinski definition) is 4. The Morgan fingerprint density at radius 2 is 1.79 bits per heavy atom. The Bertz CT molecular complexity index is 900. The molecule has 1 N–H and O–H groups in total. The molecular formula is C23H23FN2O3. The molecule has 3 aromatic rings. The van der Waals surface area contributed by atoms with E-state index in [1.165, 1.54) is 12.1 Å². The van der Waals surface area contributed by atoms with Gasteiger partial charge in [-0.3, -0.25) is 9.78 Å². The maximum absolute atomic E-state index is 13.3. The van der Waals surface area contributed by atoms with E-state index in [-0.39, 0.29) is 11.7 Å². The molecule has 0 spiro atoms. The third kappa shape index (κ3) is 6.04. The van der Waals surface area contributed by atoms with Gasteiger partial charge < -0.3 is 14.8 Å². The molecule has 1 unspecified atom stereocenters. The Morgan fingerprint density at radius 3 is 2.45 bits per heavy atom. The first kappa shape index (κ1) is 20.3. The topological polar surface area (TPSA) is 60.5 Å². The number of methoxy groups -OCH3 is 1. The number of benzene rings is 2. The number of halogens is 1. The van der Waals surface area contributed by atoms with Crippen molar-refractivity contribution in [2.24, 2.45) is 0 Å². The number of carbonyl (C=O) groups is 1. The molecule has 0 saturated carbocycles. The highest BCUT2D eigenvalue weighted by atomic mass is 19.1. The fourth-order valence-corrected chi connectivity index (χ4v) is 2.95. The van der Waals surface area contributed by atoms with Crippen LogP contribution in [-0.4, -0.2) is 31.2 Å². The van der Waals surface area contributed by atoms with Crippen molar-refractivity contribution in [3.05, 3.63) is 90.0 Å². The van der Waals surface area contributed by atoms with Crippen molar-refractivity contribution < 1.29 is 18.7 Å². The number of amides is 1. The van der Waals surface area contributed by atoms with E-state index in [9.17, 15) is 9.18 Å². The quantitative estimate of drug-likeness (QED) is 0.562. The van der Waals surface area contributed by atoms with E-state index in [1.807, 2.05) is 36.4 Å². The monoisotopic (exact) mass is 394 g/mol. The fraction of sp³-hybridized carbons (Fsp3) is 0.217. The van der Waals surface area contributed by atoms with Gasteiger partial charge >= 0.3 is 0 Å². The van der Waals surface area contributed by atoms with Crippen LogP contribution < -0.4 is 14.8 Å². The van der Waals surface area contributed by atoms with Gasteiger partial charge in [-0.1, -0.05) is 18.2 Å². The number of carbonyl (C=O) groups excluding carboxylic acids is 1. The van der Waals surface area contributed by atoms with Gasteiger partial charge in [-0.05, 0) is 60.0 Å². The van der Waals surface area contributed by atoms with Crippen LogP contribution in [0.15, 0.2) is 73.1 Å². The number of rotatable bonds is 9. The SMILES string of the molecule is COc1ccc(OCCNC(=O)C(Cc2cccnc2)c2ccc(F)cc2)cc1. The molecular weight excluding hydrogens is 371 g/mol. The number of hydrogen-bond donors (Lipinski definition) is 1. The first-order valence-corrected chi connectivity index (χ1v) is 9.34. The van der Waals surface area contributed by atoms with Crippen LogP contribution in [0.3, 0.4) is 0 Å². The van der Waals surface area contributed by atoms with Crippen molar-refractivity contribution >= 4 is 5.91 Å². The van der Waals surface area contributed by atoms with Gasteiger partial charge in [0, 0.05) is 12.4 Å². The highest BCUT2D eigenvalue weighted by Crippen LogP contribution is 2.22. The van der Waals surface area contributed by atoms with Crippen molar-refractivity contribution in [1.82, 2.24) is 10.3 Å². The Labute approximate surface area is 169 Å². The van der Waals surface area contributed by atoms with Gasteiger partial charge in [-0.2, -0.15) is 0 Å². The van der Waals surface area contributed by atoms with Crippen molar-refractivity contribution in [2.45, 2.75) is 12.3 Å². The van der Waals surface area contributed by atoms with Crippen LogP contribution in [0.2, 0.25) is 0 Å². The first-order chi connectivity index (χ1) is 14.2. The summed E-state index contributed by atoms with van der Waals surface area (Å²) in [6.07, 6.45) is 3.90. The highest BCUT2D eigenvalue weighted by molar-refractivity contribution is 5.84. The molecule has 0 radical (unpaired) electrons. The molecule has 0 aliphatic carbocycles. The molecule has 6 heteroatoms. The maximum atomic E-state index is 13.3. The van der Waals surface area contributed by atoms with E-state index in [0.29, 0.717) is 25.3 Å². The molecule has 29 heavy (non-hydrogen) atoms. The second-order valence-electron chi connectivity index (χ2n) is 6.48. The lowest BCUT2D eigenvalue weighted by Crippen LogP contribution is -2.33. The summed E-state index contributed by atoms with van der Waals surface area (Å²) in [5, 5.41) is 2.91. The lowest BCUT2D eigenvalue weighted by atomic mass is 9.91. The van der Waals surface area contributed by atoms with Gasteiger partial charge in [-0.25, -0.2) is 4.39 Å². The summed E-state index contributed by atoms with van der Waals surface area (Å²) in [6, 6.07) is 17.0. The van der Waals surface area contributed by atoms with E-state index >= 15 is 0 Å². The zero-order valence-electron chi connectivity index (χ0n) is 16.2. The van der Waals surface area contributed by atoms with Crippen molar-refractivity contribution in [2.75, 3.05) is 20.3 Å². The van der Waals surface area contributed by atoms with E-state index < -0.39 is 5.92 Å². The Hall–Kier alpha value is -3.41. The Balaban J connectivity index is 1.59. The van der Waals surface area contributed by atoms with Crippen LogP contribution >= 0.6 is 0 Å². The number of nitrogens with one attached hydrogen (secondary N) is 1. The third-order valence-electron chi connectivity index (χ3n) is 4.48. The molecule has 0 aliphatic rings. The summed E-state index contributed by atoms with van der Waals surface area (Å²) in [5.41, 5.74) is 1.69. The lowest BCUT2D eigenvalue weighted by Gasteiger charge is -2.18. The number of nitrogens with zero attached hydrogens (tertiary/aromatic N) is 1. The first-order valence-electron chi connectivity index (χ1n) is 9.34. The Kier molecular flexibility index (Phi) is 7.16. The van der Waals surface area contributed by atoms with Gasteiger partial charge in [0.2, 0.25) is 5.91 Å². The van der Waals surface area contributed by atoms with Crippen LogP contribution in [0.4, 0.5) is 4.39 Å². The molecule has 150 valence electrons. The summed E-state index contributed by atoms with van der Waals surface area (Å²) < 4.78 is 24.1. The van der Waals surface area contributed by atoms with E-state index in [0.717, 1.165) is 16.9 Å². The highest BCUT2D eigenvalue weighted by Gasteiger charge is 2.21. The molecule has 0 fully saturated rings. The van der Waals surface area contributed by atoms with Gasteiger partial charge in [0.15, 0.2) is 0 Å². The zero-order chi connectivity index (χ0) is 20.5. The second-order valence-corrected chi connectivity index (χ2v) is 6.48. The molecule has 0 aliphatic heterocycles. The molecule has 2 aromatic carbocycles. The van der Waals surface area contributed by atoms with Crippen LogP contribution in [0.1, 0.15) is 17.0 Å². The molecule has 3 rings (SSSR count). The van der Waals surface area contributed by atoms with Gasteiger partial charge in [0.1, 0.15) is 23.9 Å². The summed E-state index contributed by atoms with van der Waals surface area (Å²) in [7, 11) is 1.61. The van der Waals surface area contributed by atoms with Gasteiger partial charge in [0.25, 0.3) is 0 Å². The molecule has 0 saturated heterocycles. The molecule has 1 heterocycles. The minimum Gasteiger partial charge on any atom is -0.497 e. The number of aromatic nitrogens is 1. The van der Waals surface area contributed by atoms with E-state index in [2.05, 4.69) is 10.3 Å². The standard InChI is InChI=1S/C23H23FN2O3/c1-28-20-8-10-21(11-9-20)29-14-13-26-23(27)22(15-17-3-2-12-25-16-17)18-4-6-19(24)7-5-18/h2-12,16,22H,13-15H2,1H3,(H,26,27). The second kappa shape index (κ2) is 10.2. The summed E-state index contributed by atoms with van der Waals surface area (Å²) in [4.78, 5) is 16.9. The summed E-state index contributed by atoms with van der Waals surface area (Å²) >= 11 is 0. The summed E-state index contributed by atoms with van der Waals surface area (Å²) in [6.45, 7) is 0.691. The maximum Gasteiger partial charge on any atom is 0.228 e. The predicted molar refractivity (Wildman–Crippen MR) is 109 cm³/mol. The van der Waals surface area contributed by atoms with Gasteiger partial charge in [0.05, 0.1) is 19.6 Å². The van der Waals surface area contributed by atoms with Crippen molar-refractivity contribution in [3.63, 3.8) is 0 Å². The van der Waals surface area contributed by atoms with Crippen molar-refractivity contribution in [3.8, 4) is 11.5 Å². The normalized spacial score (nSPS) is 11.5. The molecule has 5 nitrogen and oxygen atoms in total. The van der Waals surface area contributed by atoms with Crippen molar-refractivity contribution in [1.29, 1.82) is 0 Å². The summed E-state index contributed by atoms with van der Waals surface area (Å²) in [5.74, 6) is 0.537. The molecule has 0 bridgehead atoms. The Morgan fingerprint density at radius 1 is 1.07 bits per heavy atom. The lowest BCUT2D eigenvalue weighted by molar-refractivity contribution is -0.122. The number of pyridine rings is 1. The van der Waals surface area contributed by atoms with Crippen LogP contribution in [0.25, 0.3) is 0 Å². The molecule has 1 amide bonds. The minimum atomic E-state index is -0.444. The smallest absolute Gasteiger partial charge is 0.228 e. The van der Waals surface area contributed by atoms with Crippen LogP contribution in [-0.2, 0) is 11.2 Å². The average Bonchev–Trinajstić information content (AvgIpc) is 2.77. The third-order valence-corrected chi connectivity index (χ3v) is 4.48. The minimum absolute atomic E-state index is 0.140. The zero-order valence-corrected chi connectivity index (χ0v) is 16.2. The van der Waals surface area contributed by atoms with Gasteiger partial charge in [-0.15, -0.1) is 0 Å². The van der Waals surface area contributed by atoms with Crippen LogP contribution in [0.5, 0.6) is 11.5 Å². The number of ether oxygens (including phenoxy) is 2. The van der Waals surface area contributed by atoms with E-state index in [1.54, 1.807) is 31.6 Å². The van der Waals surface area contributed by atoms with Crippen LogP contribution in [0, 0.1) is 5.82 Å². The predicted octanol–water partition coefficient (Wildman–Crippen LogP) is 3.75. The molecule has 1 aromatic heterocycles. The molecule has 1 atom stereocenters.